The van der Waals surface area contributed by atoms with Gasteiger partial charge in [0.1, 0.15) is 5.75 Å². The summed E-state index contributed by atoms with van der Waals surface area (Å²) in [5.74, 6) is 0.120. The van der Waals surface area contributed by atoms with E-state index < -0.39 is 5.91 Å². The topological polar surface area (TPSA) is 72.6 Å². The Labute approximate surface area is 197 Å². The second kappa shape index (κ2) is 12.1. The molecular weight excluding hydrogens is 468 g/mol. The van der Waals surface area contributed by atoms with Crippen molar-refractivity contribution < 1.29 is 14.3 Å². The summed E-state index contributed by atoms with van der Waals surface area (Å²) in [6.45, 7) is 1.33. The van der Waals surface area contributed by atoms with Crippen LogP contribution in [0.1, 0.15) is 27.9 Å². The molecule has 166 valence electrons. The summed E-state index contributed by atoms with van der Waals surface area (Å²) in [6.07, 6.45) is 1.63. The van der Waals surface area contributed by atoms with Gasteiger partial charge in [-0.3, -0.25) is 9.59 Å². The van der Waals surface area contributed by atoms with Gasteiger partial charge in [0.05, 0.1) is 11.1 Å². The highest BCUT2D eigenvalue weighted by atomic mass is 79.9. The number of carbonyl (C=O) groups excluding carboxylic acids is 2. The Morgan fingerprint density at radius 2 is 1.47 bits per heavy atom. The van der Waals surface area contributed by atoms with E-state index in [2.05, 4.69) is 28.1 Å². The fourth-order valence-corrected chi connectivity index (χ4v) is 3.82. The first kappa shape index (κ1) is 23.5. The van der Waals surface area contributed by atoms with Gasteiger partial charge in [0, 0.05) is 31.5 Å². The van der Waals surface area contributed by atoms with Crippen LogP contribution in [0.25, 0.3) is 0 Å². The molecule has 0 atom stereocenters. The first-order chi connectivity index (χ1) is 15.5. The monoisotopic (exact) mass is 494 g/mol. The molecule has 2 amide bonds. The van der Waals surface area contributed by atoms with Crippen LogP contribution in [0.15, 0.2) is 83.3 Å². The van der Waals surface area contributed by atoms with Gasteiger partial charge in [-0.25, -0.2) is 0 Å². The fourth-order valence-electron chi connectivity index (χ4n) is 3.33. The predicted molar refractivity (Wildman–Crippen MR) is 130 cm³/mol. The third-order valence-corrected chi connectivity index (χ3v) is 5.72. The van der Waals surface area contributed by atoms with Gasteiger partial charge >= 0.3 is 0 Å². The Morgan fingerprint density at radius 3 is 2.06 bits per heavy atom. The lowest BCUT2D eigenvalue weighted by atomic mass is 10.1. The molecule has 0 aliphatic heterocycles. The molecule has 0 bridgehead atoms. The molecule has 0 heterocycles. The molecule has 0 fully saturated rings. The molecule has 0 saturated heterocycles. The lowest BCUT2D eigenvalue weighted by Gasteiger charge is -2.23. The molecule has 0 aliphatic rings. The Morgan fingerprint density at radius 1 is 0.844 bits per heavy atom. The van der Waals surface area contributed by atoms with Crippen LogP contribution in [0.3, 0.4) is 0 Å². The molecule has 0 radical (unpaired) electrons. The van der Waals surface area contributed by atoms with E-state index in [9.17, 15) is 9.59 Å². The lowest BCUT2D eigenvalue weighted by molar-refractivity contribution is -0.118. The van der Waals surface area contributed by atoms with Gasteiger partial charge in [-0.1, -0.05) is 60.7 Å². The number of hydrogen-bond donors (Lipinski definition) is 1. The average molecular weight is 495 g/mol. The number of benzene rings is 3. The molecule has 32 heavy (non-hydrogen) atoms. The zero-order valence-electron chi connectivity index (χ0n) is 17.9. The number of rotatable bonds is 11. The van der Waals surface area contributed by atoms with E-state index in [0.29, 0.717) is 35.4 Å². The van der Waals surface area contributed by atoms with Crippen LogP contribution in [-0.2, 0) is 17.6 Å². The normalized spacial score (nSPS) is 10.5. The summed E-state index contributed by atoms with van der Waals surface area (Å²) in [5.41, 5.74) is 8.19. The summed E-state index contributed by atoms with van der Waals surface area (Å²) >= 11 is 3.52. The molecule has 2 N–H and O–H groups in total. The smallest absolute Gasteiger partial charge is 0.253 e. The first-order valence-electron chi connectivity index (χ1n) is 10.6. The number of nitrogens with two attached hydrogens (primary N) is 1. The number of hydrogen-bond acceptors (Lipinski definition) is 3. The van der Waals surface area contributed by atoms with E-state index >= 15 is 0 Å². The lowest BCUT2D eigenvalue weighted by Crippen LogP contribution is -2.35. The second-order valence-electron chi connectivity index (χ2n) is 7.47. The second-order valence-corrected chi connectivity index (χ2v) is 8.33. The minimum Gasteiger partial charge on any atom is -0.492 e. The van der Waals surface area contributed by atoms with Crippen molar-refractivity contribution in [3.05, 3.63) is 100 Å². The Hall–Kier alpha value is -3.12. The van der Waals surface area contributed by atoms with Gasteiger partial charge in [-0.2, -0.15) is 0 Å². The third-order valence-electron chi connectivity index (χ3n) is 5.10. The average Bonchev–Trinajstić information content (AvgIpc) is 2.81. The fraction of sp³-hybridized carbons (Fsp3) is 0.231. The zero-order valence-corrected chi connectivity index (χ0v) is 19.5. The summed E-state index contributed by atoms with van der Waals surface area (Å²) < 4.78 is 6.60. The van der Waals surface area contributed by atoms with Crippen LogP contribution in [0.5, 0.6) is 5.75 Å². The molecule has 0 unspecified atom stereocenters. The number of nitrogens with zero attached hydrogens (tertiary/aromatic N) is 1. The van der Waals surface area contributed by atoms with Crippen molar-refractivity contribution in [3.8, 4) is 5.75 Å². The maximum atomic E-state index is 13.2. The van der Waals surface area contributed by atoms with Crippen LogP contribution in [0.2, 0.25) is 0 Å². The van der Waals surface area contributed by atoms with E-state index in [1.54, 1.807) is 23.1 Å². The number of ether oxygens (including phenoxy) is 1. The van der Waals surface area contributed by atoms with Crippen molar-refractivity contribution in [3.63, 3.8) is 0 Å². The zero-order chi connectivity index (χ0) is 22.8. The quantitative estimate of drug-likeness (QED) is 0.422. The van der Waals surface area contributed by atoms with Crippen molar-refractivity contribution in [1.29, 1.82) is 0 Å². The minimum atomic E-state index is -0.425. The molecule has 3 aromatic carbocycles. The highest BCUT2D eigenvalue weighted by molar-refractivity contribution is 9.10. The predicted octanol–water partition coefficient (Wildman–Crippen LogP) is 4.63. The van der Waals surface area contributed by atoms with Gasteiger partial charge in [0.25, 0.3) is 5.91 Å². The first-order valence-corrected chi connectivity index (χ1v) is 11.4. The Balaban J connectivity index is 1.63. The van der Waals surface area contributed by atoms with Crippen molar-refractivity contribution >= 4 is 27.7 Å². The summed E-state index contributed by atoms with van der Waals surface area (Å²) in [5, 5.41) is 0. The van der Waals surface area contributed by atoms with Gasteiger partial charge < -0.3 is 15.4 Å². The van der Waals surface area contributed by atoms with Crippen LogP contribution in [-0.4, -0.2) is 36.4 Å². The van der Waals surface area contributed by atoms with Gasteiger partial charge in [0.2, 0.25) is 5.91 Å². The van der Waals surface area contributed by atoms with Crippen LogP contribution in [0, 0.1) is 0 Å². The molecule has 0 aliphatic carbocycles. The largest absolute Gasteiger partial charge is 0.492 e. The summed E-state index contributed by atoms with van der Waals surface area (Å²) in [6, 6.07) is 25.4. The van der Waals surface area contributed by atoms with Gasteiger partial charge in [0.15, 0.2) is 0 Å². The molecule has 0 saturated carbocycles. The summed E-state index contributed by atoms with van der Waals surface area (Å²) in [7, 11) is 0. The van der Waals surface area contributed by atoms with E-state index in [4.69, 9.17) is 10.5 Å². The maximum absolute atomic E-state index is 13.2. The number of carbonyl (C=O) groups is 2. The number of amides is 2. The van der Waals surface area contributed by atoms with Crippen molar-refractivity contribution in [1.82, 2.24) is 4.90 Å². The molecule has 0 aromatic heterocycles. The standard InChI is InChI=1S/C26H27BrN2O3/c27-23-19-22(11-12-24(23)32-18-15-21-9-5-2-6-10-21)26(31)29(17-14-25(28)30)16-13-20-7-3-1-4-8-20/h1-12,19H,13-18H2,(H2,28,30). The molecule has 6 heteroatoms. The van der Waals surface area contributed by atoms with E-state index in [1.165, 1.54) is 5.56 Å². The Kier molecular flexibility index (Phi) is 8.87. The maximum Gasteiger partial charge on any atom is 0.253 e. The van der Waals surface area contributed by atoms with E-state index in [1.807, 2.05) is 48.5 Å². The van der Waals surface area contributed by atoms with E-state index in [0.717, 1.165) is 12.0 Å². The molecule has 5 nitrogen and oxygen atoms in total. The molecule has 0 spiro atoms. The Bertz CT molecular complexity index is 1030. The van der Waals surface area contributed by atoms with Crippen molar-refractivity contribution in [2.24, 2.45) is 5.73 Å². The highest BCUT2D eigenvalue weighted by Gasteiger charge is 2.18. The minimum absolute atomic E-state index is 0.127. The molecule has 3 aromatic rings. The molecular formula is C26H27BrN2O3. The van der Waals surface area contributed by atoms with Crippen molar-refractivity contribution in [2.75, 3.05) is 19.7 Å². The number of primary amides is 1. The van der Waals surface area contributed by atoms with E-state index in [-0.39, 0.29) is 18.9 Å². The third kappa shape index (κ3) is 7.24. The van der Waals surface area contributed by atoms with Crippen LogP contribution < -0.4 is 10.5 Å². The van der Waals surface area contributed by atoms with Crippen molar-refractivity contribution in [2.45, 2.75) is 19.3 Å². The molecule has 3 rings (SSSR count). The highest BCUT2D eigenvalue weighted by Crippen LogP contribution is 2.27. The van der Waals surface area contributed by atoms with Gasteiger partial charge in [-0.05, 0) is 51.7 Å². The van der Waals surface area contributed by atoms with Crippen LogP contribution in [0.4, 0.5) is 0 Å². The van der Waals surface area contributed by atoms with Crippen LogP contribution >= 0.6 is 15.9 Å². The van der Waals surface area contributed by atoms with Gasteiger partial charge in [-0.15, -0.1) is 0 Å². The summed E-state index contributed by atoms with van der Waals surface area (Å²) in [4.78, 5) is 26.1. The SMILES string of the molecule is NC(=O)CCN(CCc1ccccc1)C(=O)c1ccc(OCCc2ccccc2)c(Br)c1. The number of halogens is 1.